The SMILES string of the molecule is CC(=O)Nc1cccc([C@H](N)C(=O)O)c1. The summed E-state index contributed by atoms with van der Waals surface area (Å²) in [7, 11) is 0. The summed E-state index contributed by atoms with van der Waals surface area (Å²) in [5.41, 5.74) is 6.42. The lowest BCUT2D eigenvalue weighted by Crippen LogP contribution is -2.20. The van der Waals surface area contributed by atoms with E-state index >= 15 is 0 Å². The van der Waals surface area contributed by atoms with Crippen molar-refractivity contribution in [1.29, 1.82) is 0 Å². The van der Waals surface area contributed by atoms with E-state index in [0.717, 1.165) is 0 Å². The molecule has 15 heavy (non-hydrogen) atoms. The molecule has 0 heterocycles. The predicted octanol–water partition coefficient (Wildman–Crippen LogP) is 0.729. The van der Waals surface area contributed by atoms with Crippen LogP contribution in [-0.4, -0.2) is 17.0 Å². The van der Waals surface area contributed by atoms with Crippen LogP contribution in [0.4, 0.5) is 5.69 Å². The zero-order valence-corrected chi connectivity index (χ0v) is 8.23. The molecule has 1 amide bonds. The number of carboxylic acid groups (broad SMARTS) is 1. The average Bonchev–Trinajstić information content (AvgIpc) is 2.16. The minimum absolute atomic E-state index is 0.212. The van der Waals surface area contributed by atoms with Gasteiger partial charge in [-0.15, -0.1) is 0 Å². The van der Waals surface area contributed by atoms with Gasteiger partial charge in [0, 0.05) is 12.6 Å². The fourth-order valence-electron chi connectivity index (χ4n) is 1.16. The van der Waals surface area contributed by atoms with Crippen LogP contribution in [0.15, 0.2) is 24.3 Å². The molecule has 5 nitrogen and oxygen atoms in total. The topological polar surface area (TPSA) is 92.4 Å². The fraction of sp³-hybridized carbons (Fsp3) is 0.200. The standard InChI is InChI=1S/C10H12N2O3/c1-6(13)12-8-4-2-3-7(5-8)9(11)10(14)15/h2-5,9H,11H2,1H3,(H,12,13)(H,14,15)/t9-/m0/s1. The van der Waals surface area contributed by atoms with Crippen molar-refractivity contribution in [1.82, 2.24) is 0 Å². The van der Waals surface area contributed by atoms with E-state index in [4.69, 9.17) is 10.8 Å². The Hall–Kier alpha value is -1.88. The van der Waals surface area contributed by atoms with E-state index in [1.54, 1.807) is 24.3 Å². The number of anilines is 1. The van der Waals surface area contributed by atoms with Gasteiger partial charge in [0.1, 0.15) is 6.04 Å². The van der Waals surface area contributed by atoms with Crippen LogP contribution in [0.2, 0.25) is 0 Å². The largest absolute Gasteiger partial charge is 0.480 e. The van der Waals surface area contributed by atoms with Crippen molar-refractivity contribution in [2.45, 2.75) is 13.0 Å². The number of hydrogen-bond acceptors (Lipinski definition) is 3. The highest BCUT2D eigenvalue weighted by molar-refractivity contribution is 5.89. The Morgan fingerprint density at radius 2 is 2.13 bits per heavy atom. The van der Waals surface area contributed by atoms with Gasteiger partial charge in [-0.05, 0) is 17.7 Å². The van der Waals surface area contributed by atoms with Crippen LogP contribution in [-0.2, 0) is 9.59 Å². The van der Waals surface area contributed by atoms with E-state index in [9.17, 15) is 9.59 Å². The smallest absolute Gasteiger partial charge is 0.325 e. The average molecular weight is 208 g/mol. The Balaban J connectivity index is 2.92. The summed E-state index contributed by atoms with van der Waals surface area (Å²) in [6, 6.07) is 5.38. The highest BCUT2D eigenvalue weighted by Crippen LogP contribution is 2.16. The number of carbonyl (C=O) groups is 2. The van der Waals surface area contributed by atoms with Crippen molar-refractivity contribution in [3.8, 4) is 0 Å². The lowest BCUT2D eigenvalue weighted by atomic mass is 10.1. The normalized spacial score (nSPS) is 11.9. The van der Waals surface area contributed by atoms with Crippen LogP contribution < -0.4 is 11.1 Å². The highest BCUT2D eigenvalue weighted by atomic mass is 16.4. The molecule has 80 valence electrons. The van der Waals surface area contributed by atoms with Crippen LogP contribution in [0.1, 0.15) is 18.5 Å². The molecule has 0 aliphatic heterocycles. The van der Waals surface area contributed by atoms with Gasteiger partial charge in [0.25, 0.3) is 0 Å². The van der Waals surface area contributed by atoms with E-state index in [1.165, 1.54) is 6.92 Å². The van der Waals surface area contributed by atoms with Crippen LogP contribution >= 0.6 is 0 Å². The highest BCUT2D eigenvalue weighted by Gasteiger charge is 2.14. The third kappa shape index (κ3) is 3.07. The molecule has 1 aromatic rings. The maximum absolute atomic E-state index is 10.8. The Morgan fingerprint density at radius 3 is 2.67 bits per heavy atom. The van der Waals surface area contributed by atoms with Crippen molar-refractivity contribution in [2.24, 2.45) is 5.73 Å². The molecule has 0 aliphatic carbocycles. The van der Waals surface area contributed by atoms with Crippen molar-refractivity contribution >= 4 is 17.6 Å². The fourth-order valence-corrected chi connectivity index (χ4v) is 1.16. The van der Waals surface area contributed by atoms with Crippen LogP contribution in [0, 0.1) is 0 Å². The van der Waals surface area contributed by atoms with Gasteiger partial charge < -0.3 is 16.2 Å². The van der Waals surface area contributed by atoms with Gasteiger partial charge in [-0.3, -0.25) is 9.59 Å². The number of hydrogen-bond donors (Lipinski definition) is 3. The third-order valence-electron chi connectivity index (χ3n) is 1.83. The van der Waals surface area contributed by atoms with Crippen molar-refractivity contribution in [3.63, 3.8) is 0 Å². The minimum Gasteiger partial charge on any atom is -0.480 e. The number of rotatable bonds is 3. The summed E-state index contributed by atoms with van der Waals surface area (Å²) in [6.07, 6.45) is 0. The lowest BCUT2D eigenvalue weighted by Gasteiger charge is -2.08. The number of nitrogens with one attached hydrogen (secondary N) is 1. The first-order valence-corrected chi connectivity index (χ1v) is 4.36. The Morgan fingerprint density at radius 1 is 1.47 bits per heavy atom. The summed E-state index contributed by atoms with van der Waals surface area (Å²) in [6.45, 7) is 1.38. The number of aliphatic carboxylic acids is 1. The molecule has 1 rings (SSSR count). The minimum atomic E-state index is -1.10. The maximum atomic E-state index is 10.8. The number of carbonyl (C=O) groups excluding carboxylic acids is 1. The summed E-state index contributed by atoms with van der Waals surface area (Å²) >= 11 is 0. The maximum Gasteiger partial charge on any atom is 0.325 e. The summed E-state index contributed by atoms with van der Waals surface area (Å²) in [5.74, 6) is -1.31. The quantitative estimate of drug-likeness (QED) is 0.682. The van der Waals surface area contributed by atoms with Gasteiger partial charge in [-0.2, -0.15) is 0 Å². The van der Waals surface area contributed by atoms with E-state index in [1.807, 2.05) is 0 Å². The third-order valence-corrected chi connectivity index (χ3v) is 1.83. The lowest BCUT2D eigenvalue weighted by molar-refractivity contribution is -0.138. The van der Waals surface area contributed by atoms with Crippen molar-refractivity contribution in [2.75, 3.05) is 5.32 Å². The second kappa shape index (κ2) is 4.56. The molecule has 0 aliphatic rings. The van der Waals surface area contributed by atoms with Gasteiger partial charge in [0.2, 0.25) is 5.91 Å². The van der Waals surface area contributed by atoms with Gasteiger partial charge in [-0.1, -0.05) is 12.1 Å². The molecule has 0 unspecified atom stereocenters. The Labute approximate surface area is 86.9 Å². The molecule has 5 heteroatoms. The molecular formula is C10H12N2O3. The number of nitrogens with two attached hydrogens (primary N) is 1. The molecule has 4 N–H and O–H groups in total. The van der Waals surface area contributed by atoms with E-state index in [0.29, 0.717) is 11.3 Å². The first kappa shape index (κ1) is 11.2. The molecule has 0 radical (unpaired) electrons. The molecule has 0 aromatic heterocycles. The summed E-state index contributed by atoms with van der Waals surface area (Å²) in [4.78, 5) is 21.4. The summed E-state index contributed by atoms with van der Waals surface area (Å²) in [5, 5.41) is 11.2. The number of amides is 1. The Kier molecular flexibility index (Phi) is 3.41. The van der Waals surface area contributed by atoms with Crippen LogP contribution in [0.25, 0.3) is 0 Å². The zero-order chi connectivity index (χ0) is 11.4. The van der Waals surface area contributed by atoms with Gasteiger partial charge in [0.15, 0.2) is 0 Å². The van der Waals surface area contributed by atoms with E-state index in [2.05, 4.69) is 5.32 Å². The molecule has 0 saturated heterocycles. The van der Waals surface area contributed by atoms with E-state index in [-0.39, 0.29) is 5.91 Å². The van der Waals surface area contributed by atoms with Crippen LogP contribution in [0.3, 0.4) is 0 Å². The van der Waals surface area contributed by atoms with Crippen LogP contribution in [0.5, 0.6) is 0 Å². The second-order valence-corrected chi connectivity index (χ2v) is 3.12. The molecule has 0 fully saturated rings. The Bertz CT molecular complexity index is 390. The second-order valence-electron chi connectivity index (χ2n) is 3.12. The molecule has 0 saturated carbocycles. The molecule has 1 atom stereocenters. The van der Waals surface area contributed by atoms with Gasteiger partial charge in [0.05, 0.1) is 0 Å². The van der Waals surface area contributed by atoms with Crippen molar-refractivity contribution < 1.29 is 14.7 Å². The predicted molar refractivity (Wildman–Crippen MR) is 55.3 cm³/mol. The molecule has 0 spiro atoms. The van der Waals surface area contributed by atoms with E-state index < -0.39 is 12.0 Å². The van der Waals surface area contributed by atoms with Crippen molar-refractivity contribution in [3.05, 3.63) is 29.8 Å². The molecular weight excluding hydrogens is 196 g/mol. The number of benzene rings is 1. The molecule has 1 aromatic carbocycles. The van der Waals surface area contributed by atoms with Gasteiger partial charge >= 0.3 is 5.97 Å². The number of carboxylic acids is 1. The zero-order valence-electron chi connectivity index (χ0n) is 8.23. The first-order valence-electron chi connectivity index (χ1n) is 4.36. The van der Waals surface area contributed by atoms with Gasteiger partial charge in [-0.25, -0.2) is 0 Å². The first-order chi connectivity index (χ1) is 7.00. The molecule has 0 bridgehead atoms. The monoisotopic (exact) mass is 208 g/mol. The summed E-state index contributed by atoms with van der Waals surface area (Å²) < 4.78 is 0.